The second-order valence-electron chi connectivity index (χ2n) is 6.07. The van der Waals surface area contributed by atoms with Gasteiger partial charge in [0.15, 0.2) is 11.6 Å². The maximum atomic E-state index is 12.2. The quantitative estimate of drug-likeness (QED) is 0.729. The first-order valence-electron chi connectivity index (χ1n) is 8.67. The predicted molar refractivity (Wildman–Crippen MR) is 105 cm³/mol. The van der Waals surface area contributed by atoms with Crippen LogP contribution in [0, 0.1) is 6.92 Å². The lowest BCUT2D eigenvalue weighted by atomic mass is 10.1. The molecule has 1 heterocycles. The summed E-state index contributed by atoms with van der Waals surface area (Å²) in [6.07, 6.45) is 0.316. The van der Waals surface area contributed by atoms with Crippen molar-refractivity contribution in [1.82, 2.24) is 10.2 Å². The number of aryl methyl sites for hydroxylation is 1. The molecule has 0 aliphatic heterocycles. The Morgan fingerprint density at radius 2 is 1.81 bits per heavy atom. The number of hydrogen-bond acceptors (Lipinski definition) is 4. The van der Waals surface area contributed by atoms with E-state index in [9.17, 15) is 4.79 Å². The highest BCUT2D eigenvalue weighted by Crippen LogP contribution is 2.22. The lowest BCUT2D eigenvalue weighted by molar-refractivity contribution is -0.115. The molecule has 5 heteroatoms. The number of carbonyl (C=O) groups is 1. The van der Waals surface area contributed by atoms with E-state index in [2.05, 4.69) is 27.3 Å². The molecule has 3 aromatic rings. The summed E-state index contributed by atoms with van der Waals surface area (Å²) in [7, 11) is 0. The van der Waals surface area contributed by atoms with Crippen LogP contribution in [0.3, 0.4) is 0 Å². The van der Waals surface area contributed by atoms with Gasteiger partial charge in [-0.1, -0.05) is 48.0 Å². The molecule has 26 heavy (non-hydrogen) atoms. The standard InChI is InChI=1S/C21H22N4O/c1-3-25(18-10-5-4-6-11-18)20-13-12-19(23-24-20)22-21(26)15-17-9-7-8-16(2)14-17/h4-14H,3,15H2,1-2H3,(H,22,23,26). The summed E-state index contributed by atoms with van der Waals surface area (Å²) in [5.74, 6) is 1.10. The topological polar surface area (TPSA) is 58.1 Å². The average Bonchev–Trinajstić information content (AvgIpc) is 2.64. The maximum Gasteiger partial charge on any atom is 0.229 e. The van der Waals surface area contributed by atoms with Crippen LogP contribution in [0.4, 0.5) is 17.3 Å². The Kier molecular flexibility index (Phi) is 5.59. The van der Waals surface area contributed by atoms with Crippen LogP contribution in [0.25, 0.3) is 0 Å². The summed E-state index contributed by atoms with van der Waals surface area (Å²) in [6, 6.07) is 21.6. The van der Waals surface area contributed by atoms with Gasteiger partial charge in [0.05, 0.1) is 6.42 Å². The molecule has 0 aliphatic carbocycles. The Morgan fingerprint density at radius 1 is 1.00 bits per heavy atom. The molecular weight excluding hydrogens is 324 g/mol. The van der Waals surface area contributed by atoms with Gasteiger partial charge < -0.3 is 10.2 Å². The second-order valence-corrected chi connectivity index (χ2v) is 6.07. The van der Waals surface area contributed by atoms with Crippen LogP contribution < -0.4 is 10.2 Å². The van der Waals surface area contributed by atoms with Gasteiger partial charge in [-0.15, -0.1) is 10.2 Å². The SMILES string of the molecule is CCN(c1ccccc1)c1ccc(NC(=O)Cc2cccc(C)c2)nn1. The van der Waals surface area contributed by atoms with Crippen molar-refractivity contribution in [3.8, 4) is 0 Å². The van der Waals surface area contributed by atoms with Gasteiger partial charge in [-0.05, 0) is 43.7 Å². The Bertz CT molecular complexity index is 863. The summed E-state index contributed by atoms with van der Waals surface area (Å²) in [5, 5.41) is 11.2. The largest absolute Gasteiger partial charge is 0.325 e. The first-order valence-corrected chi connectivity index (χ1v) is 8.67. The van der Waals surface area contributed by atoms with E-state index in [0.717, 1.165) is 29.2 Å². The zero-order chi connectivity index (χ0) is 18.4. The molecule has 1 amide bonds. The third kappa shape index (κ3) is 4.45. The number of benzene rings is 2. The first-order chi connectivity index (χ1) is 12.7. The first kappa shape index (κ1) is 17.6. The van der Waals surface area contributed by atoms with Gasteiger partial charge in [0.2, 0.25) is 5.91 Å². The minimum Gasteiger partial charge on any atom is -0.325 e. The van der Waals surface area contributed by atoms with Crippen LogP contribution in [-0.2, 0) is 11.2 Å². The zero-order valence-electron chi connectivity index (χ0n) is 15.0. The molecule has 0 saturated carbocycles. The predicted octanol–water partition coefficient (Wildman–Crippen LogP) is 4.12. The average molecular weight is 346 g/mol. The monoisotopic (exact) mass is 346 g/mol. The third-order valence-corrected chi connectivity index (χ3v) is 4.03. The molecule has 0 bridgehead atoms. The highest BCUT2D eigenvalue weighted by atomic mass is 16.1. The van der Waals surface area contributed by atoms with E-state index in [1.54, 1.807) is 6.07 Å². The Labute approximate surface area is 153 Å². The number of amides is 1. The molecule has 1 N–H and O–H groups in total. The number of aromatic nitrogens is 2. The fraction of sp³-hybridized carbons (Fsp3) is 0.190. The van der Waals surface area contributed by atoms with E-state index < -0.39 is 0 Å². The van der Waals surface area contributed by atoms with Gasteiger partial charge in [-0.3, -0.25) is 4.79 Å². The molecule has 0 atom stereocenters. The van der Waals surface area contributed by atoms with Gasteiger partial charge in [0.25, 0.3) is 0 Å². The lowest BCUT2D eigenvalue weighted by Gasteiger charge is -2.21. The van der Waals surface area contributed by atoms with Gasteiger partial charge in [-0.2, -0.15) is 0 Å². The van der Waals surface area contributed by atoms with Crippen molar-refractivity contribution in [2.24, 2.45) is 0 Å². The number of anilines is 3. The maximum absolute atomic E-state index is 12.2. The molecule has 3 rings (SSSR count). The molecule has 5 nitrogen and oxygen atoms in total. The van der Waals surface area contributed by atoms with E-state index in [1.165, 1.54) is 0 Å². The number of carbonyl (C=O) groups excluding carboxylic acids is 1. The zero-order valence-corrected chi connectivity index (χ0v) is 15.0. The molecule has 2 aromatic carbocycles. The number of nitrogens with one attached hydrogen (secondary N) is 1. The van der Waals surface area contributed by atoms with Crippen molar-refractivity contribution in [1.29, 1.82) is 0 Å². The summed E-state index contributed by atoms with van der Waals surface area (Å²) in [6.45, 7) is 4.85. The van der Waals surface area contributed by atoms with Crippen LogP contribution in [0.2, 0.25) is 0 Å². The summed E-state index contributed by atoms with van der Waals surface area (Å²) >= 11 is 0. The molecule has 0 fully saturated rings. The third-order valence-electron chi connectivity index (χ3n) is 4.03. The molecule has 0 aliphatic rings. The Balaban J connectivity index is 1.66. The van der Waals surface area contributed by atoms with Crippen molar-refractivity contribution in [2.45, 2.75) is 20.3 Å². The molecule has 0 unspecified atom stereocenters. The fourth-order valence-corrected chi connectivity index (χ4v) is 2.82. The van der Waals surface area contributed by atoms with E-state index in [1.807, 2.05) is 67.6 Å². The minimum absolute atomic E-state index is 0.104. The van der Waals surface area contributed by atoms with Crippen LogP contribution in [0.15, 0.2) is 66.7 Å². The van der Waals surface area contributed by atoms with Crippen molar-refractivity contribution in [2.75, 3.05) is 16.8 Å². The normalized spacial score (nSPS) is 10.4. The van der Waals surface area contributed by atoms with E-state index in [4.69, 9.17) is 0 Å². The summed E-state index contributed by atoms with van der Waals surface area (Å²) in [4.78, 5) is 14.3. The van der Waals surface area contributed by atoms with Crippen LogP contribution in [0.5, 0.6) is 0 Å². The number of nitrogens with zero attached hydrogens (tertiary/aromatic N) is 3. The van der Waals surface area contributed by atoms with E-state index in [-0.39, 0.29) is 5.91 Å². The number of hydrogen-bond donors (Lipinski definition) is 1. The highest BCUT2D eigenvalue weighted by Gasteiger charge is 2.10. The van der Waals surface area contributed by atoms with Crippen molar-refractivity contribution >= 4 is 23.2 Å². The smallest absolute Gasteiger partial charge is 0.229 e. The second kappa shape index (κ2) is 8.25. The summed E-state index contributed by atoms with van der Waals surface area (Å²) < 4.78 is 0. The van der Waals surface area contributed by atoms with Gasteiger partial charge >= 0.3 is 0 Å². The molecule has 132 valence electrons. The van der Waals surface area contributed by atoms with Crippen LogP contribution >= 0.6 is 0 Å². The molecule has 0 saturated heterocycles. The van der Waals surface area contributed by atoms with Crippen LogP contribution in [-0.4, -0.2) is 22.6 Å². The van der Waals surface area contributed by atoms with E-state index >= 15 is 0 Å². The van der Waals surface area contributed by atoms with Crippen LogP contribution in [0.1, 0.15) is 18.1 Å². The van der Waals surface area contributed by atoms with Crippen molar-refractivity contribution in [3.63, 3.8) is 0 Å². The molecule has 0 radical (unpaired) electrons. The molecule has 1 aromatic heterocycles. The minimum atomic E-state index is -0.104. The Hall–Kier alpha value is -3.21. The van der Waals surface area contributed by atoms with Gasteiger partial charge in [-0.25, -0.2) is 0 Å². The lowest BCUT2D eigenvalue weighted by Crippen LogP contribution is -2.19. The number of para-hydroxylation sites is 1. The van der Waals surface area contributed by atoms with Gasteiger partial charge in [0, 0.05) is 12.2 Å². The fourth-order valence-electron chi connectivity index (χ4n) is 2.82. The van der Waals surface area contributed by atoms with Crippen molar-refractivity contribution in [3.05, 3.63) is 77.9 Å². The highest BCUT2D eigenvalue weighted by molar-refractivity contribution is 5.91. The molecular formula is C21H22N4O. The number of rotatable bonds is 6. The summed E-state index contributed by atoms with van der Waals surface area (Å²) in [5.41, 5.74) is 3.17. The Morgan fingerprint density at radius 3 is 2.46 bits per heavy atom. The molecule has 0 spiro atoms. The van der Waals surface area contributed by atoms with Gasteiger partial charge in [0.1, 0.15) is 0 Å². The van der Waals surface area contributed by atoms with E-state index in [0.29, 0.717) is 12.2 Å². The van der Waals surface area contributed by atoms with Crippen molar-refractivity contribution < 1.29 is 4.79 Å².